The van der Waals surface area contributed by atoms with E-state index in [0.717, 1.165) is 28.0 Å². The van der Waals surface area contributed by atoms with Crippen molar-refractivity contribution in [3.63, 3.8) is 0 Å². The standard InChI is InChI=1S/C25H15N5/c1-26-18-7-9-23-21(12-18)22-13-19(27-2)8-10-24(22)30(23)25-14-20-11-16-5-3-4-6-17(16)15-29(20)28-25/h3-15,21,23H. The van der Waals surface area contributed by atoms with Crippen molar-refractivity contribution in [2.75, 3.05) is 4.90 Å². The van der Waals surface area contributed by atoms with Crippen LogP contribution >= 0.6 is 0 Å². The average Bonchev–Trinajstić information content (AvgIpc) is 3.34. The third kappa shape index (κ3) is 2.30. The smallest absolute Gasteiger partial charge is 0.187 e. The van der Waals surface area contributed by atoms with Gasteiger partial charge in [-0.25, -0.2) is 14.2 Å². The molecule has 0 spiro atoms. The summed E-state index contributed by atoms with van der Waals surface area (Å²) in [7, 11) is 0. The van der Waals surface area contributed by atoms with Crippen molar-refractivity contribution in [1.82, 2.24) is 9.61 Å². The summed E-state index contributed by atoms with van der Waals surface area (Å²) in [5, 5.41) is 7.21. The predicted molar refractivity (Wildman–Crippen MR) is 118 cm³/mol. The number of hydrogen-bond donors (Lipinski definition) is 0. The Hall–Kier alpha value is -4.35. The van der Waals surface area contributed by atoms with Gasteiger partial charge in [0.1, 0.15) is 0 Å². The molecule has 1 aliphatic carbocycles. The van der Waals surface area contributed by atoms with Crippen LogP contribution < -0.4 is 4.90 Å². The summed E-state index contributed by atoms with van der Waals surface area (Å²) in [5.74, 6) is 0.888. The lowest BCUT2D eigenvalue weighted by Crippen LogP contribution is -2.29. The van der Waals surface area contributed by atoms with Crippen molar-refractivity contribution in [1.29, 1.82) is 0 Å². The van der Waals surface area contributed by atoms with Gasteiger partial charge in [-0.15, -0.1) is 5.10 Å². The topological polar surface area (TPSA) is 29.3 Å². The maximum absolute atomic E-state index is 7.40. The van der Waals surface area contributed by atoms with Crippen LogP contribution in [0.4, 0.5) is 17.2 Å². The SMILES string of the molecule is [C-]#[N+]C1=CC2c3cc([N+]#[C-])ccc3N(c3cc4cc5ccccc5cn4n3)C2C=C1. The van der Waals surface area contributed by atoms with Crippen molar-refractivity contribution in [2.45, 2.75) is 12.0 Å². The second-order valence-electron chi connectivity index (χ2n) is 7.58. The van der Waals surface area contributed by atoms with Crippen LogP contribution in [-0.4, -0.2) is 15.7 Å². The molecule has 0 radical (unpaired) electrons. The highest BCUT2D eigenvalue weighted by Gasteiger charge is 2.39. The third-order valence-electron chi connectivity index (χ3n) is 5.93. The molecule has 1 aliphatic heterocycles. The lowest BCUT2D eigenvalue weighted by Gasteiger charge is -2.27. The molecule has 0 saturated carbocycles. The van der Waals surface area contributed by atoms with Crippen molar-refractivity contribution < 1.29 is 0 Å². The molecule has 6 rings (SSSR count). The number of anilines is 2. The predicted octanol–water partition coefficient (Wildman–Crippen LogP) is 6.02. The van der Waals surface area contributed by atoms with E-state index < -0.39 is 0 Å². The summed E-state index contributed by atoms with van der Waals surface area (Å²) in [6.45, 7) is 14.8. The Balaban J connectivity index is 1.55. The average molecular weight is 385 g/mol. The molecule has 0 saturated heterocycles. The van der Waals surface area contributed by atoms with Crippen LogP contribution in [0.2, 0.25) is 0 Å². The van der Waals surface area contributed by atoms with E-state index in [0.29, 0.717) is 11.4 Å². The van der Waals surface area contributed by atoms with Crippen LogP contribution in [0.15, 0.2) is 84.7 Å². The number of aromatic nitrogens is 2. The minimum Gasteiger partial charge on any atom is -0.317 e. The number of rotatable bonds is 1. The normalized spacial score (nSPS) is 19.3. The van der Waals surface area contributed by atoms with Gasteiger partial charge in [-0.05, 0) is 23.1 Å². The monoisotopic (exact) mass is 385 g/mol. The van der Waals surface area contributed by atoms with Gasteiger partial charge >= 0.3 is 0 Å². The molecular weight excluding hydrogens is 370 g/mol. The number of fused-ring (bicyclic) bond motifs is 5. The largest absolute Gasteiger partial charge is 0.317 e. The van der Waals surface area contributed by atoms with Gasteiger partial charge < -0.3 is 4.90 Å². The van der Waals surface area contributed by atoms with Gasteiger partial charge in [-0.3, -0.25) is 0 Å². The number of benzene rings is 2. The van der Waals surface area contributed by atoms with Crippen LogP contribution in [0, 0.1) is 13.1 Å². The summed E-state index contributed by atoms with van der Waals surface area (Å²) in [5.41, 5.74) is 4.39. The summed E-state index contributed by atoms with van der Waals surface area (Å²) in [6.07, 6.45) is 8.02. The first kappa shape index (κ1) is 16.6. The lowest BCUT2D eigenvalue weighted by molar-refractivity contribution is 0.730. The van der Waals surface area contributed by atoms with Crippen LogP contribution in [0.5, 0.6) is 0 Å². The maximum atomic E-state index is 7.40. The molecule has 2 atom stereocenters. The first-order valence-corrected chi connectivity index (χ1v) is 9.71. The van der Waals surface area contributed by atoms with E-state index >= 15 is 0 Å². The Labute approximate surface area is 173 Å². The molecular formula is C25H15N5. The van der Waals surface area contributed by atoms with E-state index in [9.17, 15) is 0 Å². The first-order chi connectivity index (χ1) is 14.7. The lowest BCUT2D eigenvalue weighted by atomic mass is 9.90. The first-order valence-electron chi connectivity index (χ1n) is 9.71. The zero-order chi connectivity index (χ0) is 20.2. The minimum atomic E-state index is 0.0275. The number of nitrogens with zero attached hydrogens (tertiary/aromatic N) is 5. The van der Waals surface area contributed by atoms with Crippen molar-refractivity contribution in [2.24, 2.45) is 0 Å². The zero-order valence-corrected chi connectivity index (χ0v) is 15.9. The molecule has 5 heteroatoms. The summed E-state index contributed by atoms with van der Waals surface area (Å²) in [4.78, 5) is 9.44. The molecule has 3 heterocycles. The third-order valence-corrected chi connectivity index (χ3v) is 5.93. The molecule has 2 aromatic heterocycles. The maximum Gasteiger partial charge on any atom is 0.187 e. The molecule has 0 fully saturated rings. The fourth-order valence-electron chi connectivity index (χ4n) is 4.56. The van der Waals surface area contributed by atoms with Gasteiger partial charge in [0.2, 0.25) is 0 Å². The fourth-order valence-corrected chi connectivity index (χ4v) is 4.56. The van der Waals surface area contributed by atoms with E-state index in [2.05, 4.69) is 51.1 Å². The van der Waals surface area contributed by atoms with Crippen LogP contribution in [0.3, 0.4) is 0 Å². The summed E-state index contributed by atoms with van der Waals surface area (Å²) in [6, 6.07) is 18.3. The fraction of sp³-hybridized carbons (Fsp3) is 0.0800. The van der Waals surface area contributed by atoms with E-state index in [1.165, 1.54) is 5.39 Å². The zero-order valence-electron chi connectivity index (χ0n) is 15.9. The van der Waals surface area contributed by atoms with Gasteiger partial charge in [0.05, 0.1) is 24.7 Å². The number of pyridine rings is 1. The Morgan fingerprint density at radius 2 is 1.80 bits per heavy atom. The number of hydrogen-bond acceptors (Lipinski definition) is 2. The second-order valence-corrected chi connectivity index (χ2v) is 7.58. The molecule has 0 bridgehead atoms. The molecule has 2 unspecified atom stereocenters. The highest BCUT2D eigenvalue weighted by Crippen LogP contribution is 2.49. The minimum absolute atomic E-state index is 0.0275. The second kappa shape index (κ2) is 6.07. The molecule has 4 aromatic rings. The Bertz CT molecular complexity index is 1440. The molecule has 5 nitrogen and oxygen atoms in total. The van der Waals surface area contributed by atoms with Crippen LogP contribution in [-0.2, 0) is 0 Å². The molecule has 140 valence electrons. The number of allylic oxidation sites excluding steroid dienone is 1. The van der Waals surface area contributed by atoms with E-state index in [1.807, 2.05) is 47.0 Å². The van der Waals surface area contributed by atoms with Crippen molar-refractivity contribution in [3.05, 3.63) is 113 Å². The van der Waals surface area contributed by atoms with Crippen LogP contribution in [0.25, 0.3) is 26.0 Å². The molecule has 30 heavy (non-hydrogen) atoms. The highest BCUT2D eigenvalue weighted by molar-refractivity contribution is 5.87. The van der Waals surface area contributed by atoms with Gasteiger partial charge in [-0.2, -0.15) is 0 Å². The quantitative estimate of drug-likeness (QED) is 0.375. The van der Waals surface area contributed by atoms with Gasteiger partial charge in [-0.1, -0.05) is 54.6 Å². The molecule has 0 N–H and O–H groups in total. The van der Waals surface area contributed by atoms with E-state index in [1.54, 1.807) is 0 Å². The van der Waals surface area contributed by atoms with Gasteiger partial charge in [0.25, 0.3) is 0 Å². The highest BCUT2D eigenvalue weighted by atomic mass is 15.3. The Morgan fingerprint density at radius 3 is 2.63 bits per heavy atom. The van der Waals surface area contributed by atoms with Crippen molar-refractivity contribution >= 4 is 33.5 Å². The Kier molecular flexibility index (Phi) is 3.36. The summed E-state index contributed by atoms with van der Waals surface area (Å²) >= 11 is 0. The summed E-state index contributed by atoms with van der Waals surface area (Å²) < 4.78 is 1.92. The molecule has 0 amide bonds. The molecule has 2 aliphatic rings. The Morgan fingerprint density at radius 1 is 0.933 bits per heavy atom. The van der Waals surface area contributed by atoms with Crippen molar-refractivity contribution in [3.8, 4) is 0 Å². The van der Waals surface area contributed by atoms with Gasteiger partial charge in [0.15, 0.2) is 17.2 Å². The van der Waals surface area contributed by atoms with E-state index in [-0.39, 0.29) is 12.0 Å². The van der Waals surface area contributed by atoms with E-state index in [4.69, 9.17) is 18.2 Å². The van der Waals surface area contributed by atoms with Gasteiger partial charge in [0, 0.05) is 29.3 Å². The molecule has 2 aromatic carbocycles. The van der Waals surface area contributed by atoms with Crippen LogP contribution in [0.1, 0.15) is 11.5 Å².